The van der Waals surface area contributed by atoms with Crippen LogP contribution in [0.25, 0.3) is 0 Å². The van der Waals surface area contributed by atoms with Gasteiger partial charge in [-0.2, -0.15) is 0 Å². The Morgan fingerprint density at radius 3 is 2.32 bits per heavy atom. The number of ether oxygens (including phenoxy) is 2. The van der Waals surface area contributed by atoms with Gasteiger partial charge in [0.25, 0.3) is 0 Å². The highest BCUT2D eigenvalue weighted by Gasteiger charge is 2.26. The van der Waals surface area contributed by atoms with Crippen molar-refractivity contribution in [2.75, 3.05) is 0 Å². The van der Waals surface area contributed by atoms with E-state index in [1.807, 2.05) is 20.8 Å². The van der Waals surface area contributed by atoms with Crippen LogP contribution in [0.4, 0.5) is 0 Å². The van der Waals surface area contributed by atoms with E-state index in [4.69, 9.17) is 14.6 Å². The maximum absolute atomic E-state index is 11.4. The zero-order valence-corrected chi connectivity index (χ0v) is 12.2. The van der Waals surface area contributed by atoms with Crippen molar-refractivity contribution in [2.24, 2.45) is 5.14 Å². The normalized spacial score (nSPS) is 16.2. The minimum absolute atomic E-state index is 0.0231. The molecule has 0 aliphatic heterocycles. The van der Waals surface area contributed by atoms with Gasteiger partial charge < -0.3 is 9.47 Å². The van der Waals surface area contributed by atoms with Gasteiger partial charge in [0.2, 0.25) is 10.0 Å². The molecule has 0 aromatic heterocycles. The predicted octanol–water partition coefficient (Wildman–Crippen LogP) is 2.05. The molecule has 6 heteroatoms. The molecule has 2 N–H and O–H groups in total. The largest absolute Gasteiger partial charge is 0.487 e. The second-order valence-electron chi connectivity index (χ2n) is 5.69. The van der Waals surface area contributed by atoms with E-state index in [1.165, 1.54) is 12.1 Å². The van der Waals surface area contributed by atoms with Gasteiger partial charge >= 0.3 is 0 Å². The minimum Gasteiger partial charge on any atom is -0.487 e. The minimum atomic E-state index is -3.75. The van der Waals surface area contributed by atoms with Crippen LogP contribution in [-0.2, 0) is 10.0 Å². The molecule has 1 saturated carbocycles. The second-order valence-corrected chi connectivity index (χ2v) is 7.25. The first-order valence-corrected chi connectivity index (χ1v) is 7.72. The summed E-state index contributed by atoms with van der Waals surface area (Å²) in [4.78, 5) is 0.0231. The van der Waals surface area contributed by atoms with E-state index in [0.717, 1.165) is 12.8 Å². The maximum Gasteiger partial charge on any atom is 0.238 e. The summed E-state index contributed by atoms with van der Waals surface area (Å²) in [6, 6.07) is 4.44. The van der Waals surface area contributed by atoms with Crippen molar-refractivity contribution in [3.8, 4) is 11.5 Å². The highest BCUT2D eigenvalue weighted by Crippen LogP contribution is 2.36. The molecule has 1 aliphatic rings. The molecule has 1 aromatic rings. The molecule has 0 saturated heterocycles. The van der Waals surface area contributed by atoms with Crippen LogP contribution in [0.15, 0.2) is 23.1 Å². The summed E-state index contributed by atoms with van der Waals surface area (Å²) in [7, 11) is -3.75. The van der Waals surface area contributed by atoms with Crippen LogP contribution in [0, 0.1) is 0 Å². The second kappa shape index (κ2) is 4.68. The summed E-state index contributed by atoms with van der Waals surface area (Å²) in [6.07, 6.45) is 2.25. The predicted molar refractivity (Wildman–Crippen MR) is 71.8 cm³/mol. The monoisotopic (exact) mass is 285 g/mol. The van der Waals surface area contributed by atoms with Crippen molar-refractivity contribution in [1.82, 2.24) is 0 Å². The maximum atomic E-state index is 11.4. The lowest BCUT2D eigenvalue weighted by atomic mass is 10.2. The molecule has 0 heterocycles. The van der Waals surface area contributed by atoms with Gasteiger partial charge in [-0.15, -0.1) is 0 Å². The Kier molecular flexibility index (Phi) is 3.49. The number of hydrogen-bond acceptors (Lipinski definition) is 4. The average Bonchev–Trinajstić information content (AvgIpc) is 3.00. The summed E-state index contributed by atoms with van der Waals surface area (Å²) < 4.78 is 34.2. The molecule has 1 aromatic carbocycles. The zero-order valence-electron chi connectivity index (χ0n) is 11.3. The van der Waals surface area contributed by atoms with Gasteiger partial charge in [0, 0.05) is 6.07 Å². The van der Waals surface area contributed by atoms with Crippen molar-refractivity contribution in [3.05, 3.63) is 18.2 Å². The summed E-state index contributed by atoms with van der Waals surface area (Å²) in [5.74, 6) is 0.968. The third-order valence-electron chi connectivity index (χ3n) is 2.48. The van der Waals surface area contributed by atoms with Gasteiger partial charge in [-0.25, -0.2) is 13.6 Å². The van der Waals surface area contributed by atoms with Crippen LogP contribution in [0.5, 0.6) is 11.5 Å². The number of rotatable bonds is 4. The fourth-order valence-corrected chi connectivity index (χ4v) is 2.07. The first kappa shape index (κ1) is 14.1. The fraction of sp³-hybridized carbons (Fsp3) is 0.538. The Labute approximate surface area is 113 Å². The molecule has 1 aliphatic carbocycles. The molecule has 2 rings (SSSR count). The molecular weight excluding hydrogens is 266 g/mol. The zero-order chi connectivity index (χ0) is 14.3. The molecule has 0 unspecified atom stereocenters. The third-order valence-corrected chi connectivity index (χ3v) is 3.39. The molecule has 0 bridgehead atoms. The average molecular weight is 285 g/mol. The van der Waals surface area contributed by atoms with E-state index in [1.54, 1.807) is 6.07 Å². The molecule has 0 amide bonds. The van der Waals surface area contributed by atoms with Crippen molar-refractivity contribution in [2.45, 2.75) is 50.2 Å². The summed E-state index contributed by atoms with van der Waals surface area (Å²) in [5, 5.41) is 5.13. The van der Waals surface area contributed by atoms with Gasteiger partial charge in [0.15, 0.2) is 11.5 Å². The first-order chi connectivity index (χ1) is 8.65. The molecule has 5 nitrogen and oxygen atoms in total. The van der Waals surface area contributed by atoms with E-state index < -0.39 is 15.6 Å². The third kappa shape index (κ3) is 4.11. The van der Waals surface area contributed by atoms with Gasteiger partial charge in [0.05, 0.1) is 11.0 Å². The van der Waals surface area contributed by atoms with Crippen LogP contribution in [0.3, 0.4) is 0 Å². The van der Waals surface area contributed by atoms with Crippen LogP contribution >= 0.6 is 0 Å². The van der Waals surface area contributed by atoms with Gasteiger partial charge in [-0.05, 0) is 45.7 Å². The summed E-state index contributed by atoms with van der Waals surface area (Å²) in [6.45, 7) is 5.66. The van der Waals surface area contributed by atoms with Crippen LogP contribution in [0.1, 0.15) is 33.6 Å². The van der Waals surface area contributed by atoms with Gasteiger partial charge in [-0.3, -0.25) is 0 Å². The Morgan fingerprint density at radius 1 is 1.21 bits per heavy atom. The lowest BCUT2D eigenvalue weighted by molar-refractivity contribution is 0.122. The number of primary sulfonamides is 1. The van der Waals surface area contributed by atoms with E-state index in [2.05, 4.69) is 0 Å². The van der Waals surface area contributed by atoms with Crippen molar-refractivity contribution in [3.63, 3.8) is 0 Å². The Hall–Kier alpha value is -1.27. The van der Waals surface area contributed by atoms with E-state index in [0.29, 0.717) is 11.5 Å². The standard InChI is InChI=1S/C13H19NO4S/c1-13(2,3)18-12-8-10(19(14,15)16)6-7-11(12)17-9-4-5-9/h6-9H,4-5H2,1-3H3,(H2,14,15,16). The molecule has 0 radical (unpaired) electrons. The molecule has 106 valence electrons. The van der Waals surface area contributed by atoms with E-state index in [-0.39, 0.29) is 11.0 Å². The molecular formula is C13H19NO4S. The highest BCUT2D eigenvalue weighted by atomic mass is 32.2. The highest BCUT2D eigenvalue weighted by molar-refractivity contribution is 7.89. The topological polar surface area (TPSA) is 78.6 Å². The van der Waals surface area contributed by atoms with Gasteiger partial charge in [-0.1, -0.05) is 0 Å². The van der Waals surface area contributed by atoms with Crippen molar-refractivity contribution < 1.29 is 17.9 Å². The van der Waals surface area contributed by atoms with Crippen molar-refractivity contribution >= 4 is 10.0 Å². The number of nitrogens with two attached hydrogens (primary N) is 1. The van der Waals surface area contributed by atoms with Crippen LogP contribution in [0.2, 0.25) is 0 Å². The summed E-state index contributed by atoms with van der Waals surface area (Å²) in [5.41, 5.74) is -0.446. The molecule has 0 atom stereocenters. The van der Waals surface area contributed by atoms with E-state index in [9.17, 15) is 8.42 Å². The Balaban J connectivity index is 2.37. The smallest absolute Gasteiger partial charge is 0.238 e. The number of hydrogen-bond donors (Lipinski definition) is 1. The lowest BCUT2D eigenvalue weighted by Gasteiger charge is -2.23. The summed E-state index contributed by atoms with van der Waals surface area (Å²) >= 11 is 0. The molecule has 0 spiro atoms. The number of benzene rings is 1. The SMILES string of the molecule is CC(C)(C)Oc1cc(S(N)(=O)=O)ccc1OC1CC1. The lowest BCUT2D eigenvalue weighted by Crippen LogP contribution is -2.24. The Morgan fingerprint density at radius 2 is 1.84 bits per heavy atom. The first-order valence-electron chi connectivity index (χ1n) is 6.18. The molecule has 1 fully saturated rings. The molecule has 19 heavy (non-hydrogen) atoms. The van der Waals surface area contributed by atoms with E-state index >= 15 is 0 Å². The van der Waals surface area contributed by atoms with Crippen LogP contribution in [-0.4, -0.2) is 20.1 Å². The quantitative estimate of drug-likeness (QED) is 0.918. The fourth-order valence-electron chi connectivity index (χ4n) is 1.54. The number of sulfonamides is 1. The van der Waals surface area contributed by atoms with Crippen molar-refractivity contribution in [1.29, 1.82) is 0 Å². The van der Waals surface area contributed by atoms with Crippen LogP contribution < -0.4 is 14.6 Å². The van der Waals surface area contributed by atoms with Gasteiger partial charge in [0.1, 0.15) is 5.60 Å². The Bertz CT molecular complexity index is 571.